The van der Waals surface area contributed by atoms with Gasteiger partial charge in [-0.2, -0.15) is 0 Å². The number of ketones is 6. The summed E-state index contributed by atoms with van der Waals surface area (Å²) in [5.74, 6) is 0.712. The molecule has 0 saturated carbocycles. The minimum Gasteiger partial charge on any atom is -0.330 e. The van der Waals surface area contributed by atoms with Gasteiger partial charge in [0.15, 0.2) is 34.7 Å². The Morgan fingerprint density at radius 2 is 0.450 bits per heavy atom. The molecular formula is C42H96N12O6. The molecule has 0 fully saturated rings. The lowest BCUT2D eigenvalue weighted by atomic mass is 9.99. The van der Waals surface area contributed by atoms with Gasteiger partial charge in [0.2, 0.25) is 0 Å². The van der Waals surface area contributed by atoms with E-state index in [2.05, 4.69) is 0 Å². The molecule has 0 amide bonds. The van der Waals surface area contributed by atoms with E-state index < -0.39 is 12.1 Å². The van der Waals surface area contributed by atoms with Crippen molar-refractivity contribution < 1.29 is 28.8 Å². The summed E-state index contributed by atoms with van der Waals surface area (Å²) >= 11 is 0. The van der Waals surface area contributed by atoms with Crippen LogP contribution in [0.15, 0.2) is 0 Å². The number of carbonyl (C=O) groups is 6. The predicted octanol–water partition coefficient (Wildman–Crippen LogP) is -0.674. The molecule has 24 N–H and O–H groups in total. The Hall–Kier alpha value is -2.46. The van der Waals surface area contributed by atoms with E-state index >= 15 is 0 Å². The molecule has 0 unspecified atom stereocenters. The standard InChI is InChI=1S/2C8H18N2O.2C7H16N2O.2C6H14N2O/c2*1-6(2)8(11)7(10)4-3-5-9;2*1-5(2)7(10)6(9)3-4-8;2*1-4(2)6(9)5(8)3-7/h2*6-7H,3-5,9-10H2,1-2H3;2*5-6H,3-4,8-9H2,1-2H3;2*4-5H,3,7-8H2,1-2H3/t2*7-;2*6-;2*5-/m000000/s1. The smallest absolute Gasteiger partial charge is 0.153 e. The molecule has 0 aromatic heterocycles. The van der Waals surface area contributed by atoms with Gasteiger partial charge in [-0.1, -0.05) is 83.1 Å². The summed E-state index contributed by atoms with van der Waals surface area (Å²) in [5, 5.41) is 0. The molecule has 0 aliphatic carbocycles. The van der Waals surface area contributed by atoms with Crippen molar-refractivity contribution in [1.82, 2.24) is 0 Å². The first-order valence-corrected chi connectivity index (χ1v) is 21.5. The highest BCUT2D eigenvalue weighted by Crippen LogP contribution is 2.04. The Kier molecular flexibility index (Phi) is 49.9. The molecule has 18 nitrogen and oxygen atoms in total. The zero-order valence-corrected chi connectivity index (χ0v) is 39.8. The minimum atomic E-state index is -0.468. The van der Waals surface area contributed by atoms with E-state index in [0.29, 0.717) is 51.9 Å². The van der Waals surface area contributed by atoms with Crippen LogP contribution in [0.2, 0.25) is 0 Å². The van der Waals surface area contributed by atoms with Crippen molar-refractivity contribution in [2.24, 2.45) is 104 Å². The van der Waals surface area contributed by atoms with Crippen LogP contribution in [0.25, 0.3) is 0 Å². The summed E-state index contributed by atoms with van der Waals surface area (Å²) < 4.78 is 0. The van der Waals surface area contributed by atoms with Crippen LogP contribution in [-0.4, -0.2) is 110 Å². The zero-order chi connectivity index (χ0) is 48.9. The normalized spacial score (nSPS) is 13.7. The zero-order valence-electron chi connectivity index (χ0n) is 39.8. The van der Waals surface area contributed by atoms with Gasteiger partial charge in [-0.25, -0.2) is 0 Å². The monoisotopic (exact) mass is 865 g/mol. The average molecular weight is 865 g/mol. The van der Waals surface area contributed by atoms with Gasteiger partial charge in [-0.3, -0.25) is 28.8 Å². The minimum absolute atomic E-state index is 0.00329. The molecule has 0 rings (SSSR count). The Labute approximate surface area is 364 Å². The van der Waals surface area contributed by atoms with Gasteiger partial charge >= 0.3 is 0 Å². The largest absolute Gasteiger partial charge is 0.330 e. The molecular weight excluding hydrogens is 769 g/mol. The lowest BCUT2D eigenvalue weighted by Gasteiger charge is -2.11. The Morgan fingerprint density at radius 1 is 0.283 bits per heavy atom. The second kappa shape index (κ2) is 43.2. The molecule has 0 aromatic carbocycles. The third-order valence-electron chi connectivity index (χ3n) is 8.51. The van der Waals surface area contributed by atoms with Crippen molar-refractivity contribution in [3.8, 4) is 0 Å². The highest BCUT2D eigenvalue weighted by atomic mass is 16.1. The molecule has 18 heteroatoms. The summed E-state index contributed by atoms with van der Waals surface area (Å²) in [6.45, 7) is 24.8. The maximum atomic E-state index is 11.2. The van der Waals surface area contributed by atoms with Crippen LogP contribution in [0.3, 0.4) is 0 Å². The van der Waals surface area contributed by atoms with Crippen LogP contribution in [0, 0.1) is 35.5 Å². The second-order valence-electron chi connectivity index (χ2n) is 16.5. The van der Waals surface area contributed by atoms with Crippen LogP contribution in [-0.2, 0) is 28.8 Å². The Balaban J connectivity index is -0.000000146. The number of nitrogens with two attached hydrogens (primary N) is 12. The van der Waals surface area contributed by atoms with E-state index in [9.17, 15) is 28.8 Å². The van der Waals surface area contributed by atoms with Crippen molar-refractivity contribution in [2.75, 3.05) is 39.3 Å². The van der Waals surface area contributed by atoms with Crippen LogP contribution in [0.4, 0.5) is 0 Å². The first kappa shape index (κ1) is 69.2. The summed E-state index contributed by atoms with van der Waals surface area (Å²) in [6, 6.07) is -2.26. The molecule has 0 aliphatic rings. The molecule has 6 atom stereocenters. The van der Waals surface area contributed by atoms with E-state index in [1.807, 2.05) is 83.1 Å². The topological polar surface area (TPSA) is 415 Å². The van der Waals surface area contributed by atoms with Gasteiger partial charge in [-0.15, -0.1) is 0 Å². The maximum Gasteiger partial charge on any atom is 0.153 e. The fraction of sp³-hybridized carbons (Fsp3) is 0.857. The molecule has 0 aromatic rings. The van der Waals surface area contributed by atoms with E-state index in [1.165, 1.54) is 0 Å². The van der Waals surface area contributed by atoms with Crippen molar-refractivity contribution >= 4 is 34.7 Å². The van der Waals surface area contributed by atoms with Gasteiger partial charge in [0.05, 0.1) is 36.3 Å². The molecule has 0 spiro atoms. The number of hydrogen-bond acceptors (Lipinski definition) is 18. The molecule has 0 heterocycles. The fourth-order valence-electron chi connectivity index (χ4n) is 4.40. The molecule has 0 aliphatic heterocycles. The summed E-state index contributed by atoms with van der Waals surface area (Å²) in [7, 11) is 0. The summed E-state index contributed by atoms with van der Waals surface area (Å²) in [6.07, 6.45) is 4.29. The van der Waals surface area contributed by atoms with Gasteiger partial charge in [0.1, 0.15) is 0 Å². The first-order chi connectivity index (χ1) is 27.5. The van der Waals surface area contributed by atoms with E-state index in [1.54, 1.807) is 0 Å². The van der Waals surface area contributed by atoms with E-state index in [0.717, 1.165) is 12.8 Å². The third kappa shape index (κ3) is 40.9. The van der Waals surface area contributed by atoms with Crippen molar-refractivity contribution in [3.05, 3.63) is 0 Å². The lowest BCUT2D eigenvalue weighted by molar-refractivity contribution is -0.124. The van der Waals surface area contributed by atoms with Gasteiger partial charge in [0, 0.05) is 48.6 Å². The van der Waals surface area contributed by atoms with Crippen LogP contribution < -0.4 is 68.8 Å². The summed E-state index contributed by atoms with van der Waals surface area (Å²) in [4.78, 5) is 66.2. The third-order valence-corrected chi connectivity index (χ3v) is 8.51. The molecule has 60 heavy (non-hydrogen) atoms. The Morgan fingerprint density at radius 3 is 0.567 bits per heavy atom. The highest BCUT2D eigenvalue weighted by molar-refractivity contribution is 5.87. The summed E-state index contributed by atoms with van der Waals surface area (Å²) in [5.41, 5.74) is 64.3. The maximum absolute atomic E-state index is 11.2. The van der Waals surface area contributed by atoms with Crippen LogP contribution in [0.1, 0.15) is 122 Å². The molecule has 0 saturated heterocycles. The van der Waals surface area contributed by atoms with Crippen molar-refractivity contribution in [1.29, 1.82) is 0 Å². The fourth-order valence-corrected chi connectivity index (χ4v) is 4.40. The second-order valence-corrected chi connectivity index (χ2v) is 16.5. The Bertz CT molecular complexity index is 1020. The van der Waals surface area contributed by atoms with E-state index in [-0.39, 0.29) is 107 Å². The number of hydrogen-bond donors (Lipinski definition) is 12. The molecule has 0 radical (unpaired) electrons. The van der Waals surface area contributed by atoms with Gasteiger partial charge in [-0.05, 0) is 64.7 Å². The SMILES string of the molecule is CC(C)C(=O)[C@@H](N)CCCN.CC(C)C(=O)[C@@H](N)CCCN.CC(C)C(=O)[C@@H](N)CCN.CC(C)C(=O)[C@@H](N)CCN.CC(C)C(=O)[C@@H](N)CN.CC(C)C(=O)[C@@H](N)CN. The van der Waals surface area contributed by atoms with E-state index in [4.69, 9.17) is 68.8 Å². The van der Waals surface area contributed by atoms with Crippen LogP contribution in [0.5, 0.6) is 0 Å². The molecule has 360 valence electrons. The van der Waals surface area contributed by atoms with Gasteiger partial charge < -0.3 is 68.8 Å². The quantitative estimate of drug-likeness (QED) is 0.0572. The molecule has 0 bridgehead atoms. The lowest BCUT2D eigenvalue weighted by Crippen LogP contribution is -2.40. The van der Waals surface area contributed by atoms with Crippen LogP contribution >= 0.6 is 0 Å². The predicted molar refractivity (Wildman–Crippen MR) is 249 cm³/mol. The van der Waals surface area contributed by atoms with Gasteiger partial charge in [0.25, 0.3) is 0 Å². The highest BCUT2D eigenvalue weighted by Gasteiger charge is 2.18. The van der Waals surface area contributed by atoms with Crippen molar-refractivity contribution in [2.45, 2.75) is 158 Å². The van der Waals surface area contributed by atoms with Crippen molar-refractivity contribution in [3.63, 3.8) is 0 Å². The average Bonchev–Trinajstić information content (AvgIpc) is 3.20. The first-order valence-electron chi connectivity index (χ1n) is 21.5. The number of rotatable bonds is 24. The number of carbonyl (C=O) groups excluding carboxylic acids is 6. The number of Topliss-reactive ketones (excluding diaryl/α,β-unsaturated/α-hetero) is 6.